The van der Waals surface area contributed by atoms with E-state index in [9.17, 15) is 8.42 Å². The van der Waals surface area contributed by atoms with E-state index in [1.165, 1.54) is 18.2 Å². The first kappa shape index (κ1) is 12.8. The van der Waals surface area contributed by atoms with Gasteiger partial charge in [-0.1, -0.05) is 18.5 Å². The van der Waals surface area contributed by atoms with Crippen molar-refractivity contribution in [3.05, 3.63) is 28.8 Å². The van der Waals surface area contributed by atoms with Gasteiger partial charge in [0, 0.05) is 6.54 Å². The molecule has 1 rings (SSSR count). The minimum atomic E-state index is -3.63. The molecule has 0 atom stereocenters. The number of halogens is 1. The molecule has 1 aromatic rings. The van der Waals surface area contributed by atoms with Crippen LogP contribution >= 0.6 is 11.6 Å². The van der Waals surface area contributed by atoms with Crippen molar-refractivity contribution in [2.75, 3.05) is 11.3 Å². The van der Waals surface area contributed by atoms with Gasteiger partial charge in [-0.25, -0.2) is 0 Å². The summed E-state index contributed by atoms with van der Waals surface area (Å²) in [6, 6.07) is 6.24. The largest absolute Gasteiger partial charge is 0.299 e. The van der Waals surface area contributed by atoms with E-state index in [2.05, 4.69) is 9.44 Å². The average molecular weight is 260 g/mol. The Labute approximate surface area is 99.2 Å². The summed E-state index contributed by atoms with van der Waals surface area (Å²) >= 11 is 5.80. The molecule has 0 heterocycles. The molecule has 0 unspecified atom stereocenters. The van der Waals surface area contributed by atoms with Gasteiger partial charge in [-0.2, -0.15) is 18.4 Å². The van der Waals surface area contributed by atoms with Crippen molar-refractivity contribution < 1.29 is 8.42 Å². The maximum atomic E-state index is 11.4. The Morgan fingerprint density at radius 2 is 2.19 bits per heavy atom. The van der Waals surface area contributed by atoms with Gasteiger partial charge in [-0.05, 0) is 18.2 Å². The van der Waals surface area contributed by atoms with E-state index in [4.69, 9.17) is 16.9 Å². The molecule has 0 fully saturated rings. The molecule has 5 nitrogen and oxygen atoms in total. The summed E-state index contributed by atoms with van der Waals surface area (Å²) < 4.78 is 27.3. The van der Waals surface area contributed by atoms with Crippen molar-refractivity contribution in [1.82, 2.24) is 4.72 Å². The van der Waals surface area contributed by atoms with E-state index >= 15 is 0 Å². The van der Waals surface area contributed by atoms with Gasteiger partial charge in [0.25, 0.3) is 10.2 Å². The number of rotatable bonds is 4. The van der Waals surface area contributed by atoms with Crippen molar-refractivity contribution >= 4 is 27.5 Å². The van der Waals surface area contributed by atoms with E-state index in [1.807, 2.05) is 6.07 Å². The lowest BCUT2D eigenvalue weighted by Crippen LogP contribution is -2.29. The smallest absolute Gasteiger partial charge is 0.270 e. The average Bonchev–Trinajstić information content (AvgIpc) is 2.21. The normalized spacial score (nSPS) is 10.8. The van der Waals surface area contributed by atoms with Crippen LogP contribution < -0.4 is 9.44 Å². The summed E-state index contributed by atoms with van der Waals surface area (Å²) in [6.07, 6.45) is 0. The molecule has 16 heavy (non-hydrogen) atoms. The molecule has 0 aliphatic heterocycles. The predicted molar refractivity (Wildman–Crippen MR) is 62.4 cm³/mol. The van der Waals surface area contributed by atoms with Crippen molar-refractivity contribution in [2.45, 2.75) is 6.92 Å². The van der Waals surface area contributed by atoms with Crippen LogP contribution in [0.25, 0.3) is 0 Å². The molecule has 0 saturated heterocycles. The van der Waals surface area contributed by atoms with Gasteiger partial charge in [-0.3, -0.25) is 4.72 Å². The fourth-order valence-electron chi connectivity index (χ4n) is 1.04. The highest BCUT2D eigenvalue weighted by molar-refractivity contribution is 7.90. The summed E-state index contributed by atoms with van der Waals surface area (Å²) in [5.74, 6) is 0. The van der Waals surface area contributed by atoms with Gasteiger partial charge in [0.15, 0.2) is 0 Å². The molecule has 0 saturated carbocycles. The Morgan fingerprint density at radius 3 is 2.75 bits per heavy atom. The number of nitriles is 1. The molecule has 0 bridgehead atoms. The summed E-state index contributed by atoms with van der Waals surface area (Å²) in [6.45, 7) is 1.93. The molecule has 7 heteroatoms. The third kappa shape index (κ3) is 3.38. The SMILES string of the molecule is CCNS(=O)(=O)Nc1cc(C#N)ccc1Cl. The third-order valence-electron chi connectivity index (χ3n) is 1.67. The molecule has 0 amide bonds. The second kappa shape index (κ2) is 5.16. The Kier molecular flexibility index (Phi) is 4.12. The molecule has 0 aromatic heterocycles. The zero-order valence-electron chi connectivity index (χ0n) is 8.49. The number of hydrogen-bond donors (Lipinski definition) is 2. The summed E-state index contributed by atoms with van der Waals surface area (Å²) in [7, 11) is -3.63. The van der Waals surface area contributed by atoms with E-state index < -0.39 is 10.2 Å². The number of anilines is 1. The van der Waals surface area contributed by atoms with Crippen LogP contribution in [0.3, 0.4) is 0 Å². The third-order valence-corrected chi connectivity index (χ3v) is 3.16. The second-order valence-corrected chi connectivity index (χ2v) is 4.82. The zero-order chi connectivity index (χ0) is 12.2. The molecule has 1 aromatic carbocycles. The van der Waals surface area contributed by atoms with Gasteiger partial charge < -0.3 is 0 Å². The van der Waals surface area contributed by atoms with Crippen LogP contribution in [0.4, 0.5) is 5.69 Å². The first-order valence-electron chi connectivity index (χ1n) is 4.45. The maximum Gasteiger partial charge on any atom is 0.299 e. The van der Waals surface area contributed by atoms with Crippen LogP contribution in [0, 0.1) is 11.3 Å². The first-order valence-corrected chi connectivity index (χ1v) is 6.31. The van der Waals surface area contributed by atoms with Gasteiger partial charge in [0.2, 0.25) is 0 Å². The van der Waals surface area contributed by atoms with Crippen LogP contribution in [0.1, 0.15) is 12.5 Å². The van der Waals surface area contributed by atoms with Crippen molar-refractivity contribution in [3.8, 4) is 6.07 Å². The minimum Gasteiger partial charge on any atom is -0.270 e. The lowest BCUT2D eigenvalue weighted by atomic mass is 10.2. The summed E-state index contributed by atoms with van der Waals surface area (Å²) in [4.78, 5) is 0. The van der Waals surface area contributed by atoms with Crippen LogP contribution in [-0.2, 0) is 10.2 Å². The van der Waals surface area contributed by atoms with Crippen molar-refractivity contribution in [2.24, 2.45) is 0 Å². The van der Waals surface area contributed by atoms with Gasteiger partial charge in [0.05, 0.1) is 22.3 Å². The monoisotopic (exact) mass is 259 g/mol. The lowest BCUT2D eigenvalue weighted by molar-refractivity contribution is 0.589. The van der Waals surface area contributed by atoms with Crippen LogP contribution in [-0.4, -0.2) is 15.0 Å². The van der Waals surface area contributed by atoms with Crippen LogP contribution in [0.2, 0.25) is 5.02 Å². The van der Waals surface area contributed by atoms with E-state index in [-0.39, 0.29) is 17.3 Å². The van der Waals surface area contributed by atoms with E-state index in [0.29, 0.717) is 5.56 Å². The topological polar surface area (TPSA) is 82.0 Å². The Balaban J connectivity index is 3.02. The molecule has 0 spiro atoms. The highest BCUT2D eigenvalue weighted by Gasteiger charge is 2.10. The highest BCUT2D eigenvalue weighted by atomic mass is 35.5. The fraction of sp³-hybridized carbons (Fsp3) is 0.222. The first-order chi connectivity index (χ1) is 7.48. The fourth-order valence-corrected chi connectivity index (χ4v) is 2.18. The van der Waals surface area contributed by atoms with Crippen molar-refractivity contribution in [1.29, 1.82) is 5.26 Å². The molecular weight excluding hydrogens is 250 g/mol. The molecule has 0 radical (unpaired) electrons. The highest BCUT2D eigenvalue weighted by Crippen LogP contribution is 2.23. The predicted octanol–water partition coefficient (Wildman–Crippen LogP) is 1.48. The minimum absolute atomic E-state index is 0.182. The van der Waals surface area contributed by atoms with E-state index in [1.54, 1.807) is 6.92 Å². The summed E-state index contributed by atoms with van der Waals surface area (Å²) in [5, 5.41) is 8.91. The zero-order valence-corrected chi connectivity index (χ0v) is 10.1. The number of nitrogens with zero attached hydrogens (tertiary/aromatic N) is 1. The Morgan fingerprint density at radius 1 is 1.50 bits per heavy atom. The van der Waals surface area contributed by atoms with E-state index in [0.717, 1.165) is 0 Å². The van der Waals surface area contributed by atoms with Crippen molar-refractivity contribution in [3.63, 3.8) is 0 Å². The standard InChI is InChI=1S/C9H10ClN3O2S/c1-2-12-16(14,15)13-9-5-7(6-11)3-4-8(9)10/h3-5,12-13H,2H2,1H3. The number of benzene rings is 1. The molecular formula is C9H10ClN3O2S. The quantitative estimate of drug-likeness (QED) is 0.859. The number of nitrogens with one attached hydrogen (secondary N) is 2. The lowest BCUT2D eigenvalue weighted by Gasteiger charge is -2.09. The second-order valence-electron chi connectivity index (χ2n) is 2.91. The molecule has 86 valence electrons. The molecule has 2 N–H and O–H groups in total. The molecule has 0 aliphatic carbocycles. The molecule has 0 aliphatic rings. The maximum absolute atomic E-state index is 11.4. The van der Waals surface area contributed by atoms with Crippen LogP contribution in [0.15, 0.2) is 18.2 Å². The van der Waals surface area contributed by atoms with Gasteiger partial charge >= 0.3 is 0 Å². The Hall–Kier alpha value is -1.29. The Bertz CT molecular complexity index is 522. The van der Waals surface area contributed by atoms with Gasteiger partial charge in [0.1, 0.15) is 0 Å². The van der Waals surface area contributed by atoms with Crippen LogP contribution in [0.5, 0.6) is 0 Å². The summed E-state index contributed by atoms with van der Waals surface area (Å²) in [5.41, 5.74) is 0.514. The number of hydrogen-bond acceptors (Lipinski definition) is 3. The van der Waals surface area contributed by atoms with Gasteiger partial charge in [-0.15, -0.1) is 0 Å².